The van der Waals surface area contributed by atoms with E-state index in [9.17, 15) is 19.5 Å². The molecule has 0 spiro atoms. The van der Waals surface area contributed by atoms with E-state index in [0.717, 1.165) is 6.29 Å². The molecule has 10 heteroatoms. The number of nitrogens with zero attached hydrogens (tertiary/aromatic N) is 1. The third-order valence-electron chi connectivity index (χ3n) is 3.68. The lowest BCUT2D eigenvalue weighted by atomic mass is 10.1. The van der Waals surface area contributed by atoms with Gasteiger partial charge in [0.2, 0.25) is 0 Å². The maximum Gasteiger partial charge on any atom is 0.339 e. The third kappa shape index (κ3) is 10.2. The van der Waals surface area contributed by atoms with Crippen molar-refractivity contribution in [3.8, 4) is 10.4 Å². The van der Waals surface area contributed by atoms with Crippen LogP contribution in [0.15, 0.2) is 54.4 Å². The fourth-order valence-electron chi connectivity index (χ4n) is 2.32. The number of aldehydes is 1. The van der Waals surface area contributed by atoms with Gasteiger partial charge in [0.15, 0.2) is 0 Å². The molecule has 0 radical (unpaired) electrons. The average molecular weight is 558 g/mol. The number of hydrogen-bond acceptors (Lipinski definition) is 5. The van der Waals surface area contributed by atoms with Gasteiger partial charge in [-0.2, -0.15) is 0 Å². The van der Waals surface area contributed by atoms with Crippen LogP contribution in [0.2, 0.25) is 15.3 Å². The Bertz CT molecular complexity index is 1110. The summed E-state index contributed by atoms with van der Waals surface area (Å²) in [6, 6.07) is 9.60. The third-order valence-corrected chi connectivity index (χ3v) is 5.46. The summed E-state index contributed by atoms with van der Waals surface area (Å²) in [5, 5.41) is 14.3. The van der Waals surface area contributed by atoms with Crippen molar-refractivity contribution >= 4 is 70.0 Å². The lowest BCUT2D eigenvalue weighted by Crippen LogP contribution is -2.15. The van der Waals surface area contributed by atoms with Gasteiger partial charge in [0, 0.05) is 16.8 Å². The largest absolute Gasteiger partial charge is 0.478 e. The first-order valence-electron chi connectivity index (χ1n) is 10.6. The number of rotatable bonds is 6. The molecule has 1 amide bonds. The van der Waals surface area contributed by atoms with E-state index in [1.165, 1.54) is 23.5 Å². The normalized spacial score (nSPS) is 9.11. The first kappa shape index (κ1) is 32.3. The van der Waals surface area contributed by atoms with Crippen LogP contribution in [-0.4, -0.2) is 28.3 Å². The molecule has 0 saturated carbocycles. The number of carbonyl (C=O) groups is 3. The molecule has 1 aromatic carbocycles. The van der Waals surface area contributed by atoms with Crippen molar-refractivity contribution in [1.29, 1.82) is 0 Å². The number of pyridine rings is 1. The number of carboxylic acid groups (broad SMARTS) is 1. The van der Waals surface area contributed by atoms with Crippen molar-refractivity contribution in [2.75, 3.05) is 5.32 Å². The van der Waals surface area contributed by atoms with Gasteiger partial charge in [-0.1, -0.05) is 80.7 Å². The summed E-state index contributed by atoms with van der Waals surface area (Å²) in [4.78, 5) is 37.8. The molecule has 3 aromatic rings. The summed E-state index contributed by atoms with van der Waals surface area (Å²) >= 11 is 18.7. The number of carboxylic acids is 1. The number of aromatic carboxylic acids is 1. The summed E-state index contributed by atoms with van der Waals surface area (Å²) in [7, 11) is 0. The predicted octanol–water partition coefficient (Wildman–Crippen LogP) is 8.53. The van der Waals surface area contributed by atoms with Crippen molar-refractivity contribution in [1.82, 2.24) is 4.98 Å². The molecule has 188 valence electrons. The van der Waals surface area contributed by atoms with E-state index < -0.39 is 11.9 Å². The molecule has 0 saturated heterocycles. The van der Waals surface area contributed by atoms with Crippen LogP contribution in [0, 0.1) is 0 Å². The molecule has 0 atom stereocenters. The Morgan fingerprint density at radius 1 is 1.06 bits per heavy atom. The molecular formula is C25H27Cl3N2O4S. The number of allylic oxidation sites excluding steroid dienone is 1. The highest BCUT2D eigenvalue weighted by Crippen LogP contribution is 2.37. The van der Waals surface area contributed by atoms with Crippen LogP contribution in [-0.2, 0) is 4.79 Å². The van der Waals surface area contributed by atoms with Crippen molar-refractivity contribution in [2.45, 2.75) is 34.1 Å². The number of aromatic nitrogens is 1. The zero-order chi connectivity index (χ0) is 27.0. The molecule has 3 rings (SSSR count). The Labute approximate surface area is 224 Å². The van der Waals surface area contributed by atoms with E-state index in [-0.39, 0.29) is 27.1 Å². The highest BCUT2D eigenvalue weighted by molar-refractivity contribution is 7.14. The minimum absolute atomic E-state index is 0.0104. The number of carbonyl (C=O) groups excluding carboxylic acids is 2. The molecule has 6 nitrogen and oxygen atoms in total. The molecule has 0 aliphatic heterocycles. The highest BCUT2D eigenvalue weighted by Gasteiger charge is 2.22. The van der Waals surface area contributed by atoms with Gasteiger partial charge in [-0.05, 0) is 29.8 Å². The fourth-order valence-corrected chi connectivity index (χ4v) is 3.87. The van der Waals surface area contributed by atoms with Crippen molar-refractivity contribution in [3.05, 3.63) is 80.9 Å². The molecule has 0 fully saturated rings. The molecule has 0 bridgehead atoms. The number of hydrogen-bond donors (Lipinski definition) is 2. The number of thiophene rings is 1. The summed E-state index contributed by atoms with van der Waals surface area (Å²) in [5.41, 5.74) is 0.933. The topological polar surface area (TPSA) is 96.4 Å². The maximum atomic E-state index is 12.4. The van der Waals surface area contributed by atoms with Crippen LogP contribution < -0.4 is 5.32 Å². The Morgan fingerprint density at radius 3 is 2.11 bits per heavy atom. The van der Waals surface area contributed by atoms with Crippen LogP contribution in [0.25, 0.3) is 10.4 Å². The van der Waals surface area contributed by atoms with Crippen LogP contribution in [0.5, 0.6) is 0 Å². The number of nitrogens with one attached hydrogen (secondary N) is 1. The fraction of sp³-hybridized carbons (Fsp3) is 0.200. The van der Waals surface area contributed by atoms with E-state index >= 15 is 0 Å². The van der Waals surface area contributed by atoms with Crippen LogP contribution >= 0.6 is 46.1 Å². The molecule has 0 aliphatic carbocycles. The van der Waals surface area contributed by atoms with Gasteiger partial charge in [0.1, 0.15) is 22.2 Å². The van der Waals surface area contributed by atoms with Crippen LogP contribution in [0.1, 0.15) is 54.8 Å². The van der Waals surface area contributed by atoms with E-state index in [1.54, 1.807) is 35.7 Å². The Morgan fingerprint density at radius 2 is 1.66 bits per heavy atom. The Balaban J connectivity index is 0.00000112. The number of benzene rings is 1. The first-order valence-corrected chi connectivity index (χ1v) is 12.6. The number of amides is 1. The van der Waals surface area contributed by atoms with Gasteiger partial charge in [-0.25, -0.2) is 9.78 Å². The second kappa shape index (κ2) is 17.7. The second-order valence-corrected chi connectivity index (χ2v) is 7.84. The van der Waals surface area contributed by atoms with Crippen molar-refractivity contribution in [3.63, 3.8) is 0 Å². The summed E-state index contributed by atoms with van der Waals surface area (Å²) < 4.78 is 0. The molecule has 0 aliphatic rings. The van der Waals surface area contributed by atoms with Crippen molar-refractivity contribution in [2.24, 2.45) is 0 Å². The Hall–Kier alpha value is -2.71. The minimum atomic E-state index is -1.16. The lowest BCUT2D eigenvalue weighted by Gasteiger charge is -2.07. The van der Waals surface area contributed by atoms with Gasteiger partial charge in [-0.3, -0.25) is 4.79 Å². The maximum absolute atomic E-state index is 12.4. The standard InChI is InChI=1S/C17H9Cl3N2O3S.C4H6O.2C2H6/c18-9-3-1-8(2-4-9)14-13(17(24)25)11(7-26-14)21-16(23)10-5-6-12(19)22-15(10)20;1-2-3-4-5;2*1-2/h1-7H,(H,21,23)(H,24,25);2,4H,1,3H2;2*1-2H3. The summed E-state index contributed by atoms with van der Waals surface area (Å²) in [6.07, 6.45) is 2.85. The van der Waals surface area contributed by atoms with Gasteiger partial charge in [0.05, 0.1) is 16.1 Å². The van der Waals surface area contributed by atoms with E-state index in [1.807, 2.05) is 27.7 Å². The molecular weight excluding hydrogens is 531 g/mol. The van der Waals surface area contributed by atoms with Crippen LogP contribution in [0.4, 0.5) is 5.69 Å². The van der Waals surface area contributed by atoms with E-state index in [4.69, 9.17) is 34.8 Å². The molecule has 2 aromatic heterocycles. The summed E-state index contributed by atoms with van der Waals surface area (Å²) in [6.45, 7) is 11.3. The van der Waals surface area contributed by atoms with Gasteiger partial charge < -0.3 is 15.2 Å². The van der Waals surface area contributed by atoms with Gasteiger partial charge >= 0.3 is 5.97 Å². The summed E-state index contributed by atoms with van der Waals surface area (Å²) in [5.74, 6) is -1.74. The second-order valence-electron chi connectivity index (χ2n) is 5.78. The van der Waals surface area contributed by atoms with E-state index in [2.05, 4.69) is 16.9 Å². The van der Waals surface area contributed by atoms with Gasteiger partial charge in [0.25, 0.3) is 5.91 Å². The highest BCUT2D eigenvalue weighted by atomic mass is 35.5. The predicted molar refractivity (Wildman–Crippen MR) is 148 cm³/mol. The van der Waals surface area contributed by atoms with E-state index in [0.29, 0.717) is 21.9 Å². The van der Waals surface area contributed by atoms with Gasteiger partial charge in [-0.15, -0.1) is 17.9 Å². The first-order chi connectivity index (χ1) is 16.8. The van der Waals surface area contributed by atoms with Crippen LogP contribution in [0.3, 0.4) is 0 Å². The minimum Gasteiger partial charge on any atom is -0.478 e. The zero-order valence-electron chi connectivity index (χ0n) is 19.8. The average Bonchev–Trinajstić information content (AvgIpc) is 3.26. The lowest BCUT2D eigenvalue weighted by molar-refractivity contribution is -0.107. The molecule has 35 heavy (non-hydrogen) atoms. The molecule has 2 N–H and O–H groups in total. The quantitative estimate of drug-likeness (QED) is 0.180. The SMILES string of the molecule is C=CCC=O.CC.CC.O=C(Nc1csc(-c2ccc(Cl)cc2)c1C(=O)O)c1ccc(Cl)nc1Cl. The zero-order valence-corrected chi connectivity index (χ0v) is 22.9. The Kier molecular flexibility index (Phi) is 16.3. The number of anilines is 1. The number of halogens is 3. The molecule has 0 unspecified atom stereocenters. The monoisotopic (exact) mass is 556 g/mol. The smallest absolute Gasteiger partial charge is 0.339 e. The molecule has 2 heterocycles. The van der Waals surface area contributed by atoms with Crippen molar-refractivity contribution < 1.29 is 19.5 Å².